The highest BCUT2D eigenvalue weighted by atomic mass is 32.2. The second-order valence-corrected chi connectivity index (χ2v) is 8.70. The predicted octanol–water partition coefficient (Wildman–Crippen LogP) is 3.78. The lowest BCUT2D eigenvalue weighted by atomic mass is 10.1. The van der Waals surface area contributed by atoms with Crippen LogP contribution in [0, 0.1) is 0 Å². The highest BCUT2D eigenvalue weighted by molar-refractivity contribution is 7.92. The molecule has 1 fully saturated rings. The molecule has 146 valence electrons. The van der Waals surface area contributed by atoms with E-state index in [-0.39, 0.29) is 4.90 Å². The van der Waals surface area contributed by atoms with Crippen LogP contribution in [0.25, 0.3) is 10.8 Å². The fourth-order valence-corrected chi connectivity index (χ4v) is 4.86. The highest BCUT2D eigenvalue weighted by Crippen LogP contribution is 2.34. The quantitative estimate of drug-likeness (QED) is 0.714. The molecule has 1 aliphatic heterocycles. The van der Waals surface area contributed by atoms with Crippen LogP contribution < -0.4 is 9.62 Å². The molecule has 3 aromatic carbocycles. The van der Waals surface area contributed by atoms with E-state index in [1.54, 1.807) is 24.3 Å². The van der Waals surface area contributed by atoms with Gasteiger partial charge in [-0.3, -0.25) is 4.72 Å². The van der Waals surface area contributed by atoms with Crippen molar-refractivity contribution in [2.24, 2.45) is 0 Å². The van der Waals surface area contributed by atoms with Gasteiger partial charge in [0.15, 0.2) is 0 Å². The first-order valence-corrected chi connectivity index (χ1v) is 11.1. The summed E-state index contributed by atoms with van der Waals surface area (Å²) in [7, 11) is -3.62. The minimum Gasteiger partial charge on any atom is -0.368 e. The van der Waals surface area contributed by atoms with Gasteiger partial charge in [-0.1, -0.05) is 49.4 Å². The van der Waals surface area contributed by atoms with E-state index >= 15 is 0 Å². The number of hydrogen-bond acceptors (Lipinski definition) is 4. The number of rotatable bonds is 5. The fraction of sp³-hybridized carbons (Fsp3) is 0.273. The van der Waals surface area contributed by atoms with E-state index in [0.29, 0.717) is 5.69 Å². The van der Waals surface area contributed by atoms with Crippen molar-refractivity contribution in [1.29, 1.82) is 0 Å². The normalized spacial score (nSPS) is 15.7. The van der Waals surface area contributed by atoms with Crippen molar-refractivity contribution in [3.63, 3.8) is 0 Å². The van der Waals surface area contributed by atoms with E-state index in [2.05, 4.69) is 27.5 Å². The molecule has 0 atom stereocenters. The van der Waals surface area contributed by atoms with Gasteiger partial charge in [-0.2, -0.15) is 0 Å². The van der Waals surface area contributed by atoms with Crippen molar-refractivity contribution in [2.45, 2.75) is 11.8 Å². The van der Waals surface area contributed by atoms with Crippen molar-refractivity contribution < 1.29 is 8.42 Å². The summed E-state index contributed by atoms with van der Waals surface area (Å²) in [6.45, 7) is 7.33. The van der Waals surface area contributed by atoms with Gasteiger partial charge >= 0.3 is 0 Å². The third-order valence-electron chi connectivity index (χ3n) is 5.36. The monoisotopic (exact) mass is 395 g/mol. The molecule has 0 bridgehead atoms. The van der Waals surface area contributed by atoms with E-state index < -0.39 is 10.0 Å². The van der Waals surface area contributed by atoms with Gasteiger partial charge in [0.25, 0.3) is 10.0 Å². The van der Waals surface area contributed by atoms with Crippen LogP contribution in [0.2, 0.25) is 0 Å². The van der Waals surface area contributed by atoms with Gasteiger partial charge in [0.1, 0.15) is 0 Å². The van der Waals surface area contributed by atoms with Crippen molar-refractivity contribution in [3.8, 4) is 0 Å². The first-order chi connectivity index (χ1) is 13.6. The molecule has 28 heavy (non-hydrogen) atoms. The van der Waals surface area contributed by atoms with Crippen molar-refractivity contribution in [3.05, 3.63) is 66.7 Å². The first-order valence-electron chi connectivity index (χ1n) is 9.65. The average molecular weight is 396 g/mol. The molecule has 0 unspecified atom stereocenters. The Morgan fingerprint density at radius 1 is 0.821 bits per heavy atom. The van der Waals surface area contributed by atoms with Gasteiger partial charge in [0, 0.05) is 42.6 Å². The second kappa shape index (κ2) is 7.81. The summed E-state index contributed by atoms with van der Waals surface area (Å²) in [5.41, 5.74) is 1.77. The minimum absolute atomic E-state index is 0.263. The first kappa shape index (κ1) is 18.8. The summed E-state index contributed by atoms with van der Waals surface area (Å²) in [5.74, 6) is 0. The molecule has 5 nitrogen and oxygen atoms in total. The third kappa shape index (κ3) is 3.70. The minimum atomic E-state index is -3.62. The molecule has 0 spiro atoms. The van der Waals surface area contributed by atoms with Gasteiger partial charge in [-0.15, -0.1) is 0 Å². The van der Waals surface area contributed by atoms with Crippen molar-refractivity contribution in [1.82, 2.24) is 4.90 Å². The number of benzene rings is 3. The van der Waals surface area contributed by atoms with Crippen molar-refractivity contribution in [2.75, 3.05) is 42.3 Å². The SMILES string of the molecule is CCN1CCN(c2ccc(NS(=O)(=O)c3ccccc3)c3ccccc23)CC1. The lowest BCUT2D eigenvalue weighted by Gasteiger charge is -2.36. The summed E-state index contributed by atoms with van der Waals surface area (Å²) in [6, 6.07) is 20.4. The maximum atomic E-state index is 12.8. The Balaban J connectivity index is 1.69. The van der Waals surface area contributed by atoms with Gasteiger partial charge < -0.3 is 9.80 Å². The Morgan fingerprint density at radius 3 is 2.14 bits per heavy atom. The smallest absolute Gasteiger partial charge is 0.261 e. The zero-order valence-electron chi connectivity index (χ0n) is 16.0. The summed E-state index contributed by atoms with van der Waals surface area (Å²) < 4.78 is 28.3. The Labute approximate surface area is 166 Å². The average Bonchev–Trinajstić information content (AvgIpc) is 2.75. The molecule has 0 aromatic heterocycles. The molecule has 1 N–H and O–H groups in total. The van der Waals surface area contributed by atoms with Crippen LogP contribution in [0.15, 0.2) is 71.6 Å². The molecule has 0 saturated carbocycles. The molecular formula is C22H25N3O2S. The molecule has 1 heterocycles. The van der Waals surface area contributed by atoms with E-state index in [0.717, 1.165) is 49.2 Å². The Hall–Kier alpha value is -2.57. The van der Waals surface area contributed by atoms with E-state index in [1.807, 2.05) is 36.4 Å². The molecule has 0 amide bonds. The molecule has 4 rings (SSSR count). The van der Waals surface area contributed by atoms with Crippen LogP contribution in [-0.2, 0) is 10.0 Å². The van der Waals surface area contributed by atoms with Crippen LogP contribution >= 0.6 is 0 Å². The number of nitrogens with zero attached hydrogens (tertiary/aromatic N) is 2. The lowest BCUT2D eigenvalue weighted by Crippen LogP contribution is -2.46. The summed E-state index contributed by atoms with van der Waals surface area (Å²) in [4.78, 5) is 5.10. The van der Waals surface area contributed by atoms with Crippen LogP contribution in [-0.4, -0.2) is 46.0 Å². The fourth-order valence-electron chi connectivity index (χ4n) is 3.76. The Morgan fingerprint density at radius 2 is 1.46 bits per heavy atom. The number of anilines is 2. The van der Waals surface area contributed by atoms with Gasteiger partial charge in [0.2, 0.25) is 0 Å². The summed E-state index contributed by atoms with van der Waals surface area (Å²) in [5, 5.41) is 1.98. The van der Waals surface area contributed by atoms with E-state index in [1.165, 1.54) is 0 Å². The van der Waals surface area contributed by atoms with Gasteiger partial charge in [-0.05, 0) is 30.8 Å². The van der Waals surface area contributed by atoms with Gasteiger partial charge in [-0.25, -0.2) is 8.42 Å². The van der Waals surface area contributed by atoms with E-state index in [4.69, 9.17) is 0 Å². The Bertz CT molecular complexity index is 1060. The number of likely N-dealkylation sites (N-methyl/N-ethyl adjacent to an activating group) is 1. The maximum absolute atomic E-state index is 12.8. The predicted molar refractivity (Wildman–Crippen MR) is 116 cm³/mol. The standard InChI is InChI=1S/C22H25N3O2S/c1-2-24-14-16-25(17-15-24)22-13-12-21(19-10-6-7-11-20(19)22)23-28(26,27)18-8-4-3-5-9-18/h3-13,23H,2,14-17H2,1H3. The van der Waals surface area contributed by atoms with Crippen LogP contribution in [0.3, 0.4) is 0 Å². The molecule has 1 aliphatic rings. The van der Waals surface area contributed by atoms with Gasteiger partial charge in [0.05, 0.1) is 10.6 Å². The molecule has 0 radical (unpaired) electrons. The van der Waals surface area contributed by atoms with E-state index in [9.17, 15) is 8.42 Å². The van der Waals surface area contributed by atoms with Crippen LogP contribution in [0.5, 0.6) is 0 Å². The summed E-state index contributed by atoms with van der Waals surface area (Å²) >= 11 is 0. The topological polar surface area (TPSA) is 52.6 Å². The summed E-state index contributed by atoms with van der Waals surface area (Å²) in [6.07, 6.45) is 0. The van der Waals surface area contributed by atoms with Crippen LogP contribution in [0.4, 0.5) is 11.4 Å². The molecule has 6 heteroatoms. The molecule has 0 aliphatic carbocycles. The molecular weight excluding hydrogens is 370 g/mol. The largest absolute Gasteiger partial charge is 0.368 e. The number of fused-ring (bicyclic) bond motifs is 1. The third-order valence-corrected chi connectivity index (χ3v) is 6.74. The molecule has 1 saturated heterocycles. The molecule has 3 aromatic rings. The number of hydrogen-bond donors (Lipinski definition) is 1. The second-order valence-electron chi connectivity index (χ2n) is 7.02. The number of nitrogens with one attached hydrogen (secondary N) is 1. The lowest BCUT2D eigenvalue weighted by molar-refractivity contribution is 0.271. The van der Waals surface area contributed by atoms with Crippen LogP contribution in [0.1, 0.15) is 6.92 Å². The highest BCUT2D eigenvalue weighted by Gasteiger charge is 2.20. The number of sulfonamides is 1. The zero-order chi connectivity index (χ0) is 19.6. The zero-order valence-corrected chi connectivity index (χ0v) is 16.8. The number of piperazine rings is 1. The Kier molecular flexibility index (Phi) is 5.24. The van der Waals surface area contributed by atoms with Crippen molar-refractivity contribution >= 4 is 32.2 Å². The maximum Gasteiger partial charge on any atom is 0.261 e.